The molecular weight excluding hydrogens is 212 g/mol. The lowest BCUT2D eigenvalue weighted by Gasteiger charge is -2.40. The minimum Gasteiger partial charge on any atom is -0.390 e. The molecule has 0 saturated heterocycles. The summed E-state index contributed by atoms with van der Waals surface area (Å²) >= 11 is 0. The van der Waals surface area contributed by atoms with Crippen molar-refractivity contribution < 1.29 is 9.90 Å². The molecule has 0 aromatic heterocycles. The molecule has 0 aliphatic heterocycles. The van der Waals surface area contributed by atoms with Crippen molar-refractivity contribution in [3.8, 4) is 0 Å². The van der Waals surface area contributed by atoms with E-state index >= 15 is 0 Å². The monoisotopic (exact) mass is 236 g/mol. The van der Waals surface area contributed by atoms with Crippen LogP contribution in [0.3, 0.4) is 0 Å². The highest BCUT2D eigenvalue weighted by Gasteiger charge is 2.49. The molecule has 1 fully saturated rings. The van der Waals surface area contributed by atoms with Gasteiger partial charge in [-0.2, -0.15) is 0 Å². The second-order valence-electron chi connectivity index (χ2n) is 6.51. The standard InChI is InChI=1S/C15H24O2/c1-11-5-4-6-13(10-16)15(11)8-7-12(9-15)14(2,3)17/h6,10-12,17H,4-5,7-9H2,1-3H3/t11-,12?,15-/m0/s1. The number of carbonyl (C=O) groups is 1. The predicted octanol–water partition coefficient (Wildman–Crippen LogP) is 3.10. The molecule has 0 heterocycles. The molecule has 96 valence electrons. The summed E-state index contributed by atoms with van der Waals surface area (Å²) in [4.78, 5) is 11.3. The van der Waals surface area contributed by atoms with Gasteiger partial charge in [-0.25, -0.2) is 0 Å². The minimum absolute atomic E-state index is 0.0602. The van der Waals surface area contributed by atoms with Crippen molar-refractivity contribution in [2.75, 3.05) is 0 Å². The summed E-state index contributed by atoms with van der Waals surface area (Å²) in [6.07, 6.45) is 8.47. The second-order valence-corrected chi connectivity index (χ2v) is 6.51. The number of aldehydes is 1. The zero-order valence-corrected chi connectivity index (χ0v) is 11.2. The van der Waals surface area contributed by atoms with Crippen molar-refractivity contribution in [3.05, 3.63) is 11.6 Å². The smallest absolute Gasteiger partial charge is 0.146 e. The van der Waals surface area contributed by atoms with Crippen LogP contribution in [-0.2, 0) is 4.79 Å². The molecule has 2 heteroatoms. The van der Waals surface area contributed by atoms with Crippen molar-refractivity contribution in [2.45, 2.75) is 58.5 Å². The van der Waals surface area contributed by atoms with Crippen LogP contribution in [0.5, 0.6) is 0 Å². The van der Waals surface area contributed by atoms with E-state index in [0.717, 1.165) is 37.5 Å². The lowest BCUT2D eigenvalue weighted by atomic mass is 9.64. The summed E-state index contributed by atoms with van der Waals surface area (Å²) in [5.41, 5.74) is 0.447. The molecule has 0 bridgehead atoms. The maximum atomic E-state index is 11.3. The molecule has 1 unspecified atom stereocenters. The van der Waals surface area contributed by atoms with E-state index in [-0.39, 0.29) is 5.41 Å². The van der Waals surface area contributed by atoms with Crippen LogP contribution in [0.4, 0.5) is 0 Å². The zero-order valence-electron chi connectivity index (χ0n) is 11.2. The molecule has 1 spiro atoms. The van der Waals surface area contributed by atoms with Gasteiger partial charge in [0.05, 0.1) is 5.60 Å². The van der Waals surface area contributed by atoms with Crippen LogP contribution in [0.15, 0.2) is 11.6 Å². The van der Waals surface area contributed by atoms with Gasteiger partial charge < -0.3 is 5.11 Å². The highest BCUT2D eigenvalue weighted by Crippen LogP contribution is 2.56. The second kappa shape index (κ2) is 4.24. The molecule has 2 aliphatic carbocycles. The lowest BCUT2D eigenvalue weighted by Crippen LogP contribution is -2.35. The van der Waals surface area contributed by atoms with Crippen LogP contribution >= 0.6 is 0 Å². The molecule has 0 radical (unpaired) electrons. The van der Waals surface area contributed by atoms with Gasteiger partial charge in [-0.1, -0.05) is 13.0 Å². The van der Waals surface area contributed by atoms with Crippen LogP contribution in [0, 0.1) is 17.3 Å². The van der Waals surface area contributed by atoms with Crippen LogP contribution in [0.2, 0.25) is 0 Å². The SMILES string of the molecule is C[C@H]1CCC=C(C=O)[C@]12CCC(C(C)(C)O)C2. The van der Waals surface area contributed by atoms with E-state index in [1.165, 1.54) is 6.42 Å². The Bertz CT molecular complexity index is 337. The van der Waals surface area contributed by atoms with Gasteiger partial charge in [0.15, 0.2) is 0 Å². The zero-order chi connectivity index (χ0) is 12.7. The van der Waals surface area contributed by atoms with E-state index in [9.17, 15) is 9.90 Å². The van der Waals surface area contributed by atoms with E-state index in [0.29, 0.717) is 11.8 Å². The fourth-order valence-electron chi connectivity index (χ4n) is 3.81. The van der Waals surface area contributed by atoms with E-state index in [2.05, 4.69) is 13.0 Å². The Hall–Kier alpha value is -0.630. The Labute approximate surface area is 104 Å². The first-order chi connectivity index (χ1) is 7.90. The topological polar surface area (TPSA) is 37.3 Å². The van der Waals surface area contributed by atoms with Crippen molar-refractivity contribution in [3.63, 3.8) is 0 Å². The molecule has 3 atom stereocenters. The van der Waals surface area contributed by atoms with Crippen LogP contribution in [0.1, 0.15) is 52.9 Å². The third-order valence-corrected chi connectivity index (χ3v) is 5.16. The summed E-state index contributed by atoms with van der Waals surface area (Å²) in [6.45, 7) is 6.06. The minimum atomic E-state index is -0.616. The highest BCUT2D eigenvalue weighted by molar-refractivity contribution is 5.76. The van der Waals surface area contributed by atoms with Gasteiger partial charge in [0, 0.05) is 5.41 Å². The Balaban J connectivity index is 2.27. The first-order valence-electron chi connectivity index (χ1n) is 6.78. The Kier molecular flexibility index (Phi) is 3.19. The molecule has 2 rings (SSSR count). The van der Waals surface area contributed by atoms with Gasteiger partial charge >= 0.3 is 0 Å². The first kappa shape index (κ1) is 12.8. The third kappa shape index (κ3) is 2.08. The summed E-state index contributed by atoms with van der Waals surface area (Å²) in [5.74, 6) is 0.895. The lowest BCUT2D eigenvalue weighted by molar-refractivity contribution is -0.106. The quantitative estimate of drug-likeness (QED) is 0.748. The molecule has 1 N–H and O–H groups in total. The average Bonchev–Trinajstić information content (AvgIpc) is 2.68. The predicted molar refractivity (Wildman–Crippen MR) is 68.6 cm³/mol. The fourth-order valence-corrected chi connectivity index (χ4v) is 3.81. The Morgan fingerprint density at radius 2 is 2.18 bits per heavy atom. The van der Waals surface area contributed by atoms with Gasteiger partial charge in [0.2, 0.25) is 0 Å². The van der Waals surface area contributed by atoms with Crippen molar-refractivity contribution >= 4 is 6.29 Å². The first-order valence-corrected chi connectivity index (χ1v) is 6.78. The summed E-state index contributed by atoms with van der Waals surface area (Å²) in [5, 5.41) is 10.2. The largest absolute Gasteiger partial charge is 0.390 e. The van der Waals surface area contributed by atoms with E-state index in [1.54, 1.807) is 0 Å². The van der Waals surface area contributed by atoms with Crippen LogP contribution < -0.4 is 0 Å². The van der Waals surface area contributed by atoms with Crippen molar-refractivity contribution in [1.82, 2.24) is 0 Å². The van der Waals surface area contributed by atoms with E-state index in [4.69, 9.17) is 0 Å². The Morgan fingerprint density at radius 3 is 2.71 bits per heavy atom. The molecule has 2 aliphatic rings. The summed E-state index contributed by atoms with van der Waals surface area (Å²) in [6, 6.07) is 0. The highest BCUT2D eigenvalue weighted by atomic mass is 16.3. The molecule has 0 aromatic carbocycles. The number of aliphatic hydroxyl groups is 1. The third-order valence-electron chi connectivity index (χ3n) is 5.16. The van der Waals surface area contributed by atoms with Crippen molar-refractivity contribution in [1.29, 1.82) is 0 Å². The van der Waals surface area contributed by atoms with Crippen molar-refractivity contribution in [2.24, 2.45) is 17.3 Å². The number of hydrogen-bond donors (Lipinski definition) is 1. The Morgan fingerprint density at radius 1 is 1.47 bits per heavy atom. The summed E-state index contributed by atoms with van der Waals surface area (Å²) < 4.78 is 0. The number of hydrogen-bond acceptors (Lipinski definition) is 2. The maximum Gasteiger partial charge on any atom is 0.146 e. The molecule has 1 saturated carbocycles. The van der Waals surface area contributed by atoms with Crippen LogP contribution in [0.25, 0.3) is 0 Å². The molecule has 2 nitrogen and oxygen atoms in total. The van der Waals surface area contributed by atoms with Gasteiger partial charge in [0.1, 0.15) is 6.29 Å². The van der Waals surface area contributed by atoms with Crippen LogP contribution in [-0.4, -0.2) is 17.0 Å². The maximum absolute atomic E-state index is 11.3. The fraction of sp³-hybridized carbons (Fsp3) is 0.800. The van der Waals surface area contributed by atoms with Gasteiger partial charge in [-0.3, -0.25) is 4.79 Å². The van der Waals surface area contributed by atoms with Gasteiger partial charge in [-0.05, 0) is 63.4 Å². The van der Waals surface area contributed by atoms with E-state index in [1.807, 2.05) is 13.8 Å². The normalized spacial score (nSPS) is 38.2. The average molecular weight is 236 g/mol. The van der Waals surface area contributed by atoms with Gasteiger partial charge in [-0.15, -0.1) is 0 Å². The summed E-state index contributed by atoms with van der Waals surface area (Å²) in [7, 11) is 0. The number of allylic oxidation sites excluding steroid dienone is 2. The molecule has 0 amide bonds. The number of carbonyl (C=O) groups excluding carboxylic acids is 1. The van der Waals surface area contributed by atoms with Gasteiger partial charge in [0.25, 0.3) is 0 Å². The number of rotatable bonds is 2. The molecule has 0 aromatic rings. The molecule has 17 heavy (non-hydrogen) atoms. The molecular formula is C15H24O2. The van der Waals surface area contributed by atoms with E-state index < -0.39 is 5.60 Å².